The van der Waals surface area contributed by atoms with Gasteiger partial charge in [-0.3, -0.25) is 9.69 Å². The minimum absolute atomic E-state index is 0.370. The number of carbonyl (C=O) groups excluding carboxylic acids is 1. The Morgan fingerprint density at radius 2 is 1.83 bits per heavy atom. The first-order valence-electron chi connectivity index (χ1n) is 9.84. The van der Waals surface area contributed by atoms with Gasteiger partial charge in [-0.2, -0.15) is 0 Å². The van der Waals surface area contributed by atoms with Crippen molar-refractivity contribution in [3.8, 4) is 0 Å². The zero-order chi connectivity index (χ0) is 16.4. The number of carbonyl (C=O) groups is 1. The third-order valence-electron chi connectivity index (χ3n) is 6.13. The molecule has 1 unspecified atom stereocenters. The van der Waals surface area contributed by atoms with Crippen LogP contribution in [0.1, 0.15) is 69.5 Å². The summed E-state index contributed by atoms with van der Waals surface area (Å²) in [7, 11) is 0. The maximum atomic E-state index is 12.1. The van der Waals surface area contributed by atoms with Crippen molar-refractivity contribution in [1.82, 2.24) is 19.4 Å². The zero-order valence-electron chi connectivity index (χ0n) is 14.7. The standard InChI is InChI=1S/C19H30N4O/c24-19-9-5-11-22(19)17-8-4-10-21(13-17)14-18-12-20-15-23(18)16-6-2-1-3-7-16/h12,15-17H,1-11,13-14H2. The molecule has 1 aromatic rings. The van der Waals surface area contributed by atoms with Crippen LogP contribution in [0.2, 0.25) is 0 Å². The number of hydrogen-bond acceptors (Lipinski definition) is 3. The van der Waals surface area contributed by atoms with Crippen LogP contribution in [0.15, 0.2) is 12.5 Å². The van der Waals surface area contributed by atoms with Crippen LogP contribution in [0, 0.1) is 0 Å². The van der Waals surface area contributed by atoms with Crippen LogP contribution in [0.25, 0.3) is 0 Å². The van der Waals surface area contributed by atoms with Gasteiger partial charge in [-0.15, -0.1) is 0 Å². The highest BCUT2D eigenvalue weighted by molar-refractivity contribution is 5.78. The molecule has 5 nitrogen and oxygen atoms in total. The van der Waals surface area contributed by atoms with E-state index in [4.69, 9.17) is 0 Å². The predicted octanol–water partition coefficient (Wildman–Crippen LogP) is 2.98. The molecule has 0 aromatic carbocycles. The number of likely N-dealkylation sites (tertiary alicyclic amines) is 2. The molecule has 0 N–H and O–H groups in total. The molecule has 5 heteroatoms. The Kier molecular flexibility index (Phi) is 4.88. The average molecular weight is 330 g/mol. The largest absolute Gasteiger partial charge is 0.338 e. The van der Waals surface area contributed by atoms with E-state index in [0.717, 1.165) is 39.0 Å². The molecule has 1 saturated carbocycles. The molecule has 1 amide bonds. The molecule has 2 saturated heterocycles. The fourth-order valence-corrected chi connectivity index (χ4v) is 4.86. The molecule has 1 atom stereocenters. The van der Waals surface area contributed by atoms with E-state index < -0.39 is 0 Å². The Morgan fingerprint density at radius 3 is 2.62 bits per heavy atom. The van der Waals surface area contributed by atoms with E-state index in [1.54, 1.807) is 0 Å². The lowest BCUT2D eigenvalue weighted by Crippen LogP contribution is -2.48. The molecule has 2 aliphatic heterocycles. The third kappa shape index (κ3) is 3.37. The molecule has 3 fully saturated rings. The van der Waals surface area contributed by atoms with Crippen LogP contribution in [0.3, 0.4) is 0 Å². The minimum Gasteiger partial charge on any atom is -0.338 e. The lowest BCUT2D eigenvalue weighted by molar-refractivity contribution is -0.130. The topological polar surface area (TPSA) is 41.4 Å². The maximum Gasteiger partial charge on any atom is 0.222 e. The van der Waals surface area contributed by atoms with Gasteiger partial charge in [0.05, 0.1) is 12.0 Å². The Hall–Kier alpha value is -1.36. The highest BCUT2D eigenvalue weighted by Gasteiger charge is 2.31. The van der Waals surface area contributed by atoms with Crippen molar-refractivity contribution in [2.75, 3.05) is 19.6 Å². The SMILES string of the molecule is O=C1CCCN1C1CCCN(Cc2cncn2C2CCCCC2)C1. The van der Waals surface area contributed by atoms with Crippen molar-refractivity contribution in [2.45, 2.75) is 76.4 Å². The summed E-state index contributed by atoms with van der Waals surface area (Å²) in [6.45, 7) is 4.13. The van der Waals surface area contributed by atoms with Gasteiger partial charge in [0.15, 0.2) is 0 Å². The van der Waals surface area contributed by atoms with Gasteiger partial charge < -0.3 is 9.47 Å². The quantitative estimate of drug-likeness (QED) is 0.852. The number of hydrogen-bond donors (Lipinski definition) is 0. The second kappa shape index (κ2) is 7.26. The van der Waals surface area contributed by atoms with Gasteiger partial charge in [0, 0.05) is 44.3 Å². The molecule has 0 radical (unpaired) electrons. The molecule has 3 heterocycles. The van der Waals surface area contributed by atoms with Gasteiger partial charge in [0.1, 0.15) is 0 Å². The molecule has 0 bridgehead atoms. The minimum atomic E-state index is 0.370. The van der Waals surface area contributed by atoms with Crippen LogP contribution < -0.4 is 0 Å². The van der Waals surface area contributed by atoms with E-state index >= 15 is 0 Å². The van der Waals surface area contributed by atoms with Crippen molar-refractivity contribution >= 4 is 5.91 Å². The van der Waals surface area contributed by atoms with Gasteiger partial charge in [0.2, 0.25) is 5.91 Å². The second-order valence-corrected chi connectivity index (χ2v) is 7.81. The normalized spacial score (nSPS) is 27.1. The molecule has 0 spiro atoms. The van der Waals surface area contributed by atoms with Gasteiger partial charge in [-0.25, -0.2) is 4.98 Å². The van der Waals surface area contributed by atoms with Crippen LogP contribution in [-0.2, 0) is 11.3 Å². The summed E-state index contributed by atoms with van der Waals surface area (Å²) in [4.78, 5) is 21.2. The van der Waals surface area contributed by atoms with Crippen molar-refractivity contribution in [3.63, 3.8) is 0 Å². The van der Waals surface area contributed by atoms with Crippen LogP contribution >= 0.6 is 0 Å². The van der Waals surface area contributed by atoms with Gasteiger partial charge >= 0.3 is 0 Å². The van der Waals surface area contributed by atoms with Gasteiger partial charge in [-0.05, 0) is 38.6 Å². The first kappa shape index (κ1) is 16.1. The molecular formula is C19H30N4O. The Bertz CT molecular complexity index is 563. The third-order valence-corrected chi connectivity index (χ3v) is 6.13. The number of nitrogens with zero attached hydrogens (tertiary/aromatic N) is 4. The molecule has 24 heavy (non-hydrogen) atoms. The number of imidazole rings is 1. The summed E-state index contributed by atoms with van der Waals surface area (Å²) in [5.74, 6) is 0.370. The molecule has 4 rings (SSSR count). The molecule has 132 valence electrons. The Morgan fingerprint density at radius 1 is 1.00 bits per heavy atom. The van der Waals surface area contributed by atoms with E-state index in [-0.39, 0.29) is 0 Å². The van der Waals surface area contributed by atoms with Crippen LogP contribution in [-0.4, -0.2) is 50.9 Å². The van der Waals surface area contributed by atoms with E-state index in [9.17, 15) is 4.79 Å². The first-order valence-corrected chi connectivity index (χ1v) is 9.84. The number of piperidine rings is 1. The molecular weight excluding hydrogens is 300 g/mol. The second-order valence-electron chi connectivity index (χ2n) is 7.81. The van der Waals surface area contributed by atoms with Crippen molar-refractivity contribution in [2.24, 2.45) is 0 Å². The maximum absolute atomic E-state index is 12.1. The Balaban J connectivity index is 1.40. The fraction of sp³-hybridized carbons (Fsp3) is 0.789. The number of aromatic nitrogens is 2. The van der Waals surface area contributed by atoms with Gasteiger partial charge in [-0.1, -0.05) is 19.3 Å². The van der Waals surface area contributed by atoms with E-state index in [2.05, 4.69) is 25.5 Å². The van der Waals surface area contributed by atoms with E-state index in [0.29, 0.717) is 18.0 Å². The Labute approximate surface area is 145 Å². The summed E-state index contributed by atoms with van der Waals surface area (Å²) < 4.78 is 2.43. The average Bonchev–Trinajstić information content (AvgIpc) is 3.25. The molecule has 3 aliphatic rings. The molecule has 1 aliphatic carbocycles. The van der Waals surface area contributed by atoms with Crippen molar-refractivity contribution in [3.05, 3.63) is 18.2 Å². The molecule has 1 aromatic heterocycles. The zero-order valence-corrected chi connectivity index (χ0v) is 14.7. The van der Waals surface area contributed by atoms with Crippen LogP contribution in [0.4, 0.5) is 0 Å². The summed E-state index contributed by atoms with van der Waals surface area (Å²) in [5.41, 5.74) is 1.36. The predicted molar refractivity (Wildman–Crippen MR) is 93.6 cm³/mol. The van der Waals surface area contributed by atoms with Crippen molar-refractivity contribution < 1.29 is 4.79 Å². The van der Waals surface area contributed by atoms with E-state index in [1.807, 2.05) is 6.33 Å². The van der Waals surface area contributed by atoms with Gasteiger partial charge in [0.25, 0.3) is 0 Å². The fourth-order valence-electron chi connectivity index (χ4n) is 4.86. The summed E-state index contributed by atoms with van der Waals surface area (Å²) in [6.07, 6.45) is 15.0. The number of amides is 1. The summed E-state index contributed by atoms with van der Waals surface area (Å²) in [6, 6.07) is 1.08. The smallest absolute Gasteiger partial charge is 0.222 e. The number of rotatable bonds is 4. The monoisotopic (exact) mass is 330 g/mol. The highest BCUT2D eigenvalue weighted by atomic mass is 16.2. The first-order chi connectivity index (χ1) is 11.8. The van der Waals surface area contributed by atoms with Crippen molar-refractivity contribution in [1.29, 1.82) is 0 Å². The van der Waals surface area contributed by atoms with Crippen LogP contribution in [0.5, 0.6) is 0 Å². The highest BCUT2D eigenvalue weighted by Crippen LogP contribution is 2.30. The summed E-state index contributed by atoms with van der Waals surface area (Å²) in [5, 5.41) is 0. The lowest BCUT2D eigenvalue weighted by atomic mass is 9.95. The lowest BCUT2D eigenvalue weighted by Gasteiger charge is -2.38. The summed E-state index contributed by atoms with van der Waals surface area (Å²) >= 11 is 0. The van der Waals surface area contributed by atoms with E-state index in [1.165, 1.54) is 50.6 Å².